The summed E-state index contributed by atoms with van der Waals surface area (Å²) in [6.07, 6.45) is -3.32. The highest BCUT2D eigenvalue weighted by Crippen LogP contribution is 2.32. The third-order valence-electron chi connectivity index (χ3n) is 4.86. The van der Waals surface area contributed by atoms with Crippen molar-refractivity contribution in [1.82, 2.24) is 15.3 Å². The Labute approximate surface area is 190 Å². The lowest BCUT2D eigenvalue weighted by Crippen LogP contribution is -2.28. The van der Waals surface area contributed by atoms with Crippen molar-refractivity contribution in [1.29, 1.82) is 0 Å². The van der Waals surface area contributed by atoms with Crippen molar-refractivity contribution in [3.63, 3.8) is 0 Å². The van der Waals surface area contributed by atoms with Crippen LogP contribution in [-0.2, 0) is 0 Å². The molecule has 0 radical (unpaired) electrons. The second kappa shape index (κ2) is 8.58. The minimum Gasteiger partial charge on any atom is -0.405 e. The van der Waals surface area contributed by atoms with Crippen molar-refractivity contribution in [2.75, 3.05) is 11.5 Å². The minimum atomic E-state index is -4.85. The number of nitrogen functional groups attached to an aromatic ring is 2. The predicted molar refractivity (Wildman–Crippen MR) is 121 cm³/mol. The first kappa shape index (κ1) is 22.3. The van der Waals surface area contributed by atoms with Crippen LogP contribution in [-0.4, -0.2) is 22.2 Å². The fourth-order valence-electron chi connectivity index (χ4n) is 3.35. The van der Waals surface area contributed by atoms with Gasteiger partial charge in [-0.05, 0) is 36.8 Å². The molecule has 1 atom stereocenters. The van der Waals surface area contributed by atoms with Crippen molar-refractivity contribution < 1.29 is 22.7 Å². The molecule has 0 aliphatic heterocycles. The first-order valence-electron chi connectivity index (χ1n) is 9.68. The number of para-hydroxylation sites is 1. The molecule has 2 aromatic heterocycles. The molecule has 0 bridgehead atoms. The summed E-state index contributed by atoms with van der Waals surface area (Å²) in [7, 11) is 0. The van der Waals surface area contributed by atoms with Gasteiger partial charge >= 0.3 is 6.36 Å². The number of anilines is 2. The van der Waals surface area contributed by atoms with Gasteiger partial charge in [-0.25, -0.2) is 9.97 Å². The number of nitrogens with two attached hydrogens (primary N) is 2. The van der Waals surface area contributed by atoms with Crippen LogP contribution in [0.2, 0.25) is 0 Å². The molecule has 0 aliphatic carbocycles. The van der Waals surface area contributed by atoms with Gasteiger partial charge in [0, 0.05) is 17.3 Å². The fraction of sp³-hybridized carbons (Fsp3) is 0.136. The predicted octanol–water partition coefficient (Wildman–Crippen LogP) is 4.91. The average molecular weight is 473 g/mol. The Balaban J connectivity index is 1.60. The van der Waals surface area contributed by atoms with Crippen molar-refractivity contribution in [2.24, 2.45) is 0 Å². The van der Waals surface area contributed by atoms with Gasteiger partial charge in [0.15, 0.2) is 5.13 Å². The first-order chi connectivity index (χ1) is 15.6. The molecule has 11 heteroatoms. The number of thiazole rings is 1. The van der Waals surface area contributed by atoms with E-state index in [0.717, 1.165) is 15.8 Å². The molecule has 2 heterocycles. The molecule has 170 valence electrons. The molecule has 0 saturated heterocycles. The molecular weight excluding hydrogens is 455 g/mol. The molecule has 4 rings (SSSR count). The van der Waals surface area contributed by atoms with E-state index in [1.807, 2.05) is 18.2 Å². The summed E-state index contributed by atoms with van der Waals surface area (Å²) >= 11 is 1.34. The Morgan fingerprint density at radius 2 is 1.88 bits per heavy atom. The first-order valence-corrected chi connectivity index (χ1v) is 10.5. The molecule has 0 aliphatic rings. The Morgan fingerprint density at radius 3 is 2.64 bits per heavy atom. The molecule has 4 aromatic rings. The number of hydrogen-bond donors (Lipinski definition) is 3. The van der Waals surface area contributed by atoms with Crippen LogP contribution in [0, 0.1) is 0 Å². The molecule has 7 nitrogen and oxygen atoms in total. The molecular formula is C22H18F3N5O2S. The van der Waals surface area contributed by atoms with E-state index in [0.29, 0.717) is 10.7 Å². The summed E-state index contributed by atoms with van der Waals surface area (Å²) in [5.41, 5.74) is 14.1. The zero-order valence-corrected chi connectivity index (χ0v) is 18.0. The van der Waals surface area contributed by atoms with Crippen molar-refractivity contribution >= 4 is 38.4 Å². The standard InChI is InChI=1S/C22H18F3N5O2S/c1-11(14-4-2-3-5-17(14)32-22(23,24)25)29-20(31)15-8-13(10-28-19(15)26)12-6-7-16-18(9-12)33-21(27)30-16/h2-11H,1H3,(H2,26,28)(H2,27,30)(H,29,31). The Morgan fingerprint density at radius 1 is 1.12 bits per heavy atom. The maximum atomic E-state index is 12.9. The van der Waals surface area contributed by atoms with Crippen LogP contribution >= 0.6 is 11.3 Å². The summed E-state index contributed by atoms with van der Waals surface area (Å²) in [6, 6.07) is 11.9. The third kappa shape index (κ3) is 4.98. The number of halogens is 3. The number of alkyl halides is 3. The smallest absolute Gasteiger partial charge is 0.405 e. The molecule has 33 heavy (non-hydrogen) atoms. The second-order valence-electron chi connectivity index (χ2n) is 7.17. The van der Waals surface area contributed by atoms with Crippen LogP contribution in [0.5, 0.6) is 5.75 Å². The van der Waals surface area contributed by atoms with Crippen LogP contribution in [0.4, 0.5) is 24.1 Å². The van der Waals surface area contributed by atoms with Crippen LogP contribution in [0.1, 0.15) is 28.9 Å². The van der Waals surface area contributed by atoms with E-state index in [9.17, 15) is 18.0 Å². The number of fused-ring (bicyclic) bond motifs is 1. The van der Waals surface area contributed by atoms with Crippen molar-refractivity contribution in [3.8, 4) is 16.9 Å². The summed E-state index contributed by atoms with van der Waals surface area (Å²) < 4.78 is 43.1. The van der Waals surface area contributed by atoms with Crippen LogP contribution in [0.3, 0.4) is 0 Å². The largest absolute Gasteiger partial charge is 0.573 e. The number of nitrogens with zero attached hydrogens (tertiary/aromatic N) is 2. The average Bonchev–Trinajstić information content (AvgIpc) is 3.12. The molecule has 2 aromatic carbocycles. The van der Waals surface area contributed by atoms with Crippen LogP contribution in [0.25, 0.3) is 21.3 Å². The number of aromatic nitrogens is 2. The number of pyridine rings is 1. The maximum absolute atomic E-state index is 12.9. The molecule has 0 saturated carbocycles. The highest BCUT2D eigenvalue weighted by Gasteiger charge is 2.32. The molecule has 1 unspecified atom stereocenters. The fourth-order valence-corrected chi connectivity index (χ4v) is 4.12. The zero-order chi connectivity index (χ0) is 23.8. The van der Waals surface area contributed by atoms with E-state index in [1.54, 1.807) is 19.1 Å². The minimum absolute atomic E-state index is 0.00797. The number of amides is 1. The van der Waals surface area contributed by atoms with Gasteiger partial charge in [0.25, 0.3) is 5.91 Å². The SMILES string of the molecule is CC(NC(=O)c1cc(-c2ccc3nc(N)sc3c2)cnc1N)c1ccccc1OC(F)(F)F. The lowest BCUT2D eigenvalue weighted by Gasteiger charge is -2.19. The monoisotopic (exact) mass is 473 g/mol. The number of nitrogens with one attached hydrogen (secondary N) is 1. The van der Waals surface area contributed by atoms with Crippen LogP contribution < -0.4 is 21.5 Å². The molecule has 1 amide bonds. The molecule has 0 fully saturated rings. The van der Waals surface area contributed by atoms with Gasteiger partial charge in [0.2, 0.25) is 0 Å². The van der Waals surface area contributed by atoms with Gasteiger partial charge in [0.05, 0.1) is 21.8 Å². The number of hydrogen-bond acceptors (Lipinski definition) is 7. The summed E-state index contributed by atoms with van der Waals surface area (Å²) in [5, 5.41) is 3.11. The summed E-state index contributed by atoms with van der Waals surface area (Å²) in [5.74, 6) is -0.986. The third-order valence-corrected chi connectivity index (χ3v) is 5.71. The number of ether oxygens (including phenoxy) is 1. The number of carbonyl (C=O) groups excluding carboxylic acids is 1. The van der Waals surface area contributed by atoms with E-state index in [2.05, 4.69) is 20.0 Å². The molecule has 5 N–H and O–H groups in total. The topological polar surface area (TPSA) is 116 Å². The van der Waals surface area contributed by atoms with Gasteiger partial charge in [-0.3, -0.25) is 4.79 Å². The van der Waals surface area contributed by atoms with Crippen molar-refractivity contribution in [3.05, 3.63) is 65.9 Å². The van der Waals surface area contributed by atoms with Gasteiger partial charge in [-0.2, -0.15) is 0 Å². The van der Waals surface area contributed by atoms with Crippen LogP contribution in [0.15, 0.2) is 54.7 Å². The second-order valence-corrected chi connectivity index (χ2v) is 8.23. The Bertz CT molecular complexity index is 1340. The van der Waals surface area contributed by atoms with Gasteiger partial charge in [0.1, 0.15) is 11.6 Å². The van der Waals surface area contributed by atoms with E-state index in [1.165, 1.54) is 35.7 Å². The normalized spacial score (nSPS) is 12.5. The number of rotatable bonds is 5. The Hall–Kier alpha value is -3.86. The highest BCUT2D eigenvalue weighted by molar-refractivity contribution is 7.22. The molecule has 0 spiro atoms. The van der Waals surface area contributed by atoms with Gasteiger partial charge in [-0.15, -0.1) is 13.2 Å². The van der Waals surface area contributed by atoms with E-state index in [4.69, 9.17) is 11.5 Å². The lowest BCUT2D eigenvalue weighted by molar-refractivity contribution is -0.275. The van der Waals surface area contributed by atoms with Gasteiger partial charge in [-0.1, -0.05) is 35.6 Å². The Kier molecular flexibility index (Phi) is 5.81. The van der Waals surface area contributed by atoms with Crippen molar-refractivity contribution in [2.45, 2.75) is 19.3 Å². The summed E-state index contributed by atoms with van der Waals surface area (Å²) in [4.78, 5) is 21.3. The number of benzene rings is 2. The zero-order valence-electron chi connectivity index (χ0n) is 17.2. The van der Waals surface area contributed by atoms with E-state index < -0.39 is 24.1 Å². The quantitative estimate of drug-likeness (QED) is 0.379. The lowest BCUT2D eigenvalue weighted by atomic mass is 10.0. The highest BCUT2D eigenvalue weighted by atomic mass is 32.1. The van der Waals surface area contributed by atoms with E-state index >= 15 is 0 Å². The number of carbonyl (C=O) groups is 1. The summed E-state index contributed by atoms with van der Waals surface area (Å²) in [6.45, 7) is 1.55. The van der Waals surface area contributed by atoms with Gasteiger partial charge < -0.3 is 21.5 Å². The maximum Gasteiger partial charge on any atom is 0.573 e. The van der Waals surface area contributed by atoms with E-state index in [-0.39, 0.29) is 16.9 Å².